The number of fused-ring (bicyclic) bond motifs is 1. The SMILES string of the molecule is COc1ccc(N2C(=O)c3ccc(C)cc3C2(O)c2ccc(C)cc2)cc1. The van der Waals surface area contributed by atoms with Crippen LogP contribution in [0.1, 0.15) is 32.6 Å². The predicted molar refractivity (Wildman–Crippen MR) is 105 cm³/mol. The van der Waals surface area contributed by atoms with Crippen molar-refractivity contribution < 1.29 is 14.6 Å². The highest BCUT2D eigenvalue weighted by Crippen LogP contribution is 2.45. The van der Waals surface area contributed by atoms with Crippen molar-refractivity contribution in [2.45, 2.75) is 19.6 Å². The van der Waals surface area contributed by atoms with E-state index >= 15 is 0 Å². The van der Waals surface area contributed by atoms with E-state index in [-0.39, 0.29) is 5.91 Å². The van der Waals surface area contributed by atoms with Gasteiger partial charge >= 0.3 is 0 Å². The van der Waals surface area contributed by atoms with Crippen LogP contribution in [-0.2, 0) is 5.72 Å². The number of aliphatic hydroxyl groups is 1. The van der Waals surface area contributed by atoms with E-state index in [2.05, 4.69) is 0 Å². The molecule has 0 spiro atoms. The van der Waals surface area contributed by atoms with E-state index in [0.29, 0.717) is 28.1 Å². The average Bonchev–Trinajstić information content (AvgIpc) is 2.90. The van der Waals surface area contributed by atoms with Crippen LogP contribution >= 0.6 is 0 Å². The number of benzene rings is 3. The number of methoxy groups -OCH3 is 1. The Morgan fingerprint density at radius 1 is 0.889 bits per heavy atom. The highest BCUT2D eigenvalue weighted by Gasteiger charge is 2.50. The van der Waals surface area contributed by atoms with Crippen LogP contribution in [0, 0.1) is 13.8 Å². The molecule has 4 heteroatoms. The summed E-state index contributed by atoms with van der Waals surface area (Å²) in [7, 11) is 1.59. The van der Waals surface area contributed by atoms with Gasteiger partial charge in [0, 0.05) is 22.4 Å². The molecule has 0 aromatic heterocycles. The fourth-order valence-electron chi connectivity index (χ4n) is 3.63. The van der Waals surface area contributed by atoms with Gasteiger partial charge in [-0.2, -0.15) is 0 Å². The number of nitrogens with zero attached hydrogens (tertiary/aromatic N) is 1. The molecule has 0 saturated heterocycles. The number of carbonyl (C=O) groups is 1. The molecule has 1 atom stereocenters. The van der Waals surface area contributed by atoms with E-state index in [1.165, 1.54) is 4.90 Å². The molecule has 0 bridgehead atoms. The largest absolute Gasteiger partial charge is 0.497 e. The van der Waals surface area contributed by atoms with Gasteiger partial charge < -0.3 is 9.84 Å². The number of hydrogen-bond acceptors (Lipinski definition) is 3. The molecule has 0 saturated carbocycles. The molecule has 1 heterocycles. The molecule has 3 aromatic carbocycles. The minimum atomic E-state index is -1.57. The van der Waals surface area contributed by atoms with E-state index in [1.807, 2.05) is 50.2 Å². The van der Waals surface area contributed by atoms with E-state index in [1.54, 1.807) is 37.4 Å². The molecular formula is C23H21NO3. The lowest BCUT2D eigenvalue weighted by atomic mass is 9.92. The summed E-state index contributed by atoms with van der Waals surface area (Å²) in [6.45, 7) is 3.95. The monoisotopic (exact) mass is 359 g/mol. The third-order valence-corrected chi connectivity index (χ3v) is 5.09. The second kappa shape index (κ2) is 6.25. The van der Waals surface area contributed by atoms with Crippen molar-refractivity contribution in [3.63, 3.8) is 0 Å². The number of amides is 1. The fraction of sp³-hybridized carbons (Fsp3) is 0.174. The first-order valence-electron chi connectivity index (χ1n) is 8.84. The van der Waals surface area contributed by atoms with Crippen molar-refractivity contribution in [1.82, 2.24) is 0 Å². The smallest absolute Gasteiger partial charge is 0.261 e. The standard InChI is InChI=1S/C23H21NO3/c1-15-4-7-17(8-5-15)23(26)21-14-16(2)6-13-20(21)22(25)24(23)18-9-11-19(27-3)12-10-18/h4-14,26H,1-3H3. The lowest BCUT2D eigenvalue weighted by molar-refractivity contribution is 0.0703. The molecule has 0 radical (unpaired) electrons. The summed E-state index contributed by atoms with van der Waals surface area (Å²) in [5.74, 6) is 0.468. The van der Waals surface area contributed by atoms with Gasteiger partial charge in [-0.3, -0.25) is 9.69 Å². The van der Waals surface area contributed by atoms with Crippen LogP contribution in [0.25, 0.3) is 0 Å². The number of ether oxygens (including phenoxy) is 1. The molecule has 1 aliphatic rings. The van der Waals surface area contributed by atoms with E-state index in [4.69, 9.17) is 4.74 Å². The van der Waals surface area contributed by atoms with Gasteiger partial charge in [0.25, 0.3) is 5.91 Å². The van der Waals surface area contributed by atoms with Gasteiger partial charge in [0.15, 0.2) is 5.72 Å². The Morgan fingerprint density at radius 2 is 1.52 bits per heavy atom. The molecule has 4 rings (SSSR count). The summed E-state index contributed by atoms with van der Waals surface area (Å²) in [5, 5.41) is 11.9. The quantitative estimate of drug-likeness (QED) is 0.764. The van der Waals surface area contributed by atoms with Gasteiger partial charge in [0.1, 0.15) is 5.75 Å². The minimum Gasteiger partial charge on any atom is -0.497 e. The van der Waals surface area contributed by atoms with E-state index < -0.39 is 5.72 Å². The summed E-state index contributed by atoms with van der Waals surface area (Å²) in [4.78, 5) is 14.7. The Balaban J connectivity index is 1.95. The Bertz CT molecular complexity index is 1010. The maximum atomic E-state index is 13.3. The Labute approximate surface area is 158 Å². The zero-order valence-electron chi connectivity index (χ0n) is 15.6. The van der Waals surface area contributed by atoms with E-state index in [0.717, 1.165) is 11.1 Å². The third-order valence-electron chi connectivity index (χ3n) is 5.09. The summed E-state index contributed by atoms with van der Waals surface area (Å²) < 4.78 is 5.22. The first-order chi connectivity index (χ1) is 12.9. The van der Waals surface area contributed by atoms with Crippen molar-refractivity contribution in [3.05, 3.63) is 94.5 Å². The van der Waals surface area contributed by atoms with Crippen molar-refractivity contribution in [2.24, 2.45) is 0 Å². The molecule has 136 valence electrons. The second-order valence-electron chi connectivity index (χ2n) is 6.93. The summed E-state index contributed by atoms with van der Waals surface area (Å²) in [6, 6.07) is 20.3. The van der Waals surface area contributed by atoms with E-state index in [9.17, 15) is 9.90 Å². The van der Waals surface area contributed by atoms with Crippen molar-refractivity contribution in [2.75, 3.05) is 12.0 Å². The summed E-state index contributed by atoms with van der Waals surface area (Å²) >= 11 is 0. The van der Waals surface area contributed by atoms with Crippen LogP contribution in [0.15, 0.2) is 66.7 Å². The van der Waals surface area contributed by atoms with Gasteiger partial charge in [-0.05, 0) is 44.2 Å². The third kappa shape index (κ3) is 2.61. The zero-order valence-corrected chi connectivity index (χ0v) is 15.6. The molecule has 1 unspecified atom stereocenters. The number of anilines is 1. The molecule has 1 N–H and O–H groups in total. The van der Waals surface area contributed by atoms with Crippen LogP contribution in [0.5, 0.6) is 5.75 Å². The summed E-state index contributed by atoms with van der Waals surface area (Å²) in [5.41, 5.74) is 2.89. The van der Waals surface area contributed by atoms with Gasteiger partial charge in [-0.1, -0.05) is 47.5 Å². The van der Waals surface area contributed by atoms with Crippen LogP contribution in [0.3, 0.4) is 0 Å². The molecule has 27 heavy (non-hydrogen) atoms. The maximum absolute atomic E-state index is 13.3. The van der Waals surface area contributed by atoms with Crippen LogP contribution in [-0.4, -0.2) is 18.1 Å². The zero-order chi connectivity index (χ0) is 19.2. The maximum Gasteiger partial charge on any atom is 0.261 e. The molecule has 4 nitrogen and oxygen atoms in total. The van der Waals surface area contributed by atoms with Crippen molar-refractivity contribution in [3.8, 4) is 5.75 Å². The number of carbonyl (C=O) groups excluding carboxylic acids is 1. The van der Waals surface area contributed by atoms with Crippen molar-refractivity contribution >= 4 is 11.6 Å². The van der Waals surface area contributed by atoms with Gasteiger partial charge in [-0.15, -0.1) is 0 Å². The number of rotatable bonds is 3. The molecule has 1 aliphatic heterocycles. The topological polar surface area (TPSA) is 49.8 Å². The second-order valence-corrected chi connectivity index (χ2v) is 6.93. The highest BCUT2D eigenvalue weighted by atomic mass is 16.5. The first kappa shape index (κ1) is 17.3. The summed E-state index contributed by atoms with van der Waals surface area (Å²) in [6.07, 6.45) is 0. The Morgan fingerprint density at radius 3 is 2.15 bits per heavy atom. The predicted octanol–water partition coefficient (Wildman–Crippen LogP) is 4.17. The fourth-order valence-corrected chi connectivity index (χ4v) is 3.63. The Hall–Kier alpha value is -3.11. The van der Waals surface area contributed by atoms with Crippen LogP contribution < -0.4 is 9.64 Å². The molecular weight excluding hydrogens is 338 g/mol. The van der Waals surface area contributed by atoms with Gasteiger partial charge in [-0.25, -0.2) is 0 Å². The van der Waals surface area contributed by atoms with Gasteiger partial charge in [0.2, 0.25) is 0 Å². The number of aryl methyl sites for hydroxylation is 2. The lowest BCUT2D eigenvalue weighted by Crippen LogP contribution is -2.45. The molecule has 3 aromatic rings. The Kier molecular flexibility index (Phi) is 4.01. The lowest BCUT2D eigenvalue weighted by Gasteiger charge is -2.35. The number of hydrogen-bond donors (Lipinski definition) is 1. The molecule has 1 amide bonds. The first-order valence-corrected chi connectivity index (χ1v) is 8.84. The molecule has 0 fully saturated rings. The minimum absolute atomic E-state index is 0.224. The van der Waals surface area contributed by atoms with Crippen LogP contribution in [0.2, 0.25) is 0 Å². The highest BCUT2D eigenvalue weighted by molar-refractivity contribution is 6.12. The average molecular weight is 359 g/mol. The molecule has 0 aliphatic carbocycles. The normalized spacial score (nSPS) is 18.5. The van der Waals surface area contributed by atoms with Crippen LogP contribution in [0.4, 0.5) is 5.69 Å². The van der Waals surface area contributed by atoms with Gasteiger partial charge in [0.05, 0.1) is 7.11 Å². The van der Waals surface area contributed by atoms with Crippen molar-refractivity contribution in [1.29, 1.82) is 0 Å².